The first-order chi connectivity index (χ1) is 21.4. The summed E-state index contributed by atoms with van der Waals surface area (Å²) in [6.45, 7) is -0.0619. The first kappa shape index (κ1) is 29.2. The number of aromatic amines is 1. The van der Waals surface area contributed by atoms with Gasteiger partial charge in [-0.2, -0.15) is 5.06 Å². The van der Waals surface area contributed by atoms with Crippen molar-refractivity contribution in [3.05, 3.63) is 129 Å². The molecule has 1 aromatic heterocycles. The molecule has 0 aliphatic carbocycles. The van der Waals surface area contributed by atoms with E-state index in [1.165, 1.54) is 23.9 Å². The molecule has 0 unspecified atom stereocenters. The Balaban J connectivity index is 1.44. The van der Waals surface area contributed by atoms with Gasteiger partial charge in [0, 0.05) is 12.3 Å². The summed E-state index contributed by atoms with van der Waals surface area (Å²) in [6.07, 6.45) is -2.12. The summed E-state index contributed by atoms with van der Waals surface area (Å²) >= 11 is 0. The van der Waals surface area contributed by atoms with Crippen LogP contribution < -0.4 is 20.7 Å². The van der Waals surface area contributed by atoms with Crippen LogP contribution in [0.5, 0.6) is 11.5 Å². The lowest BCUT2D eigenvalue weighted by atomic mass is 9.80. The Labute approximate surface area is 252 Å². The number of nitrogens with zero attached hydrogens (tertiary/aromatic N) is 2. The molecule has 44 heavy (non-hydrogen) atoms. The lowest BCUT2D eigenvalue weighted by molar-refractivity contribution is -0.146. The molecule has 228 valence electrons. The van der Waals surface area contributed by atoms with Gasteiger partial charge in [0.2, 0.25) is 0 Å². The fourth-order valence-electron chi connectivity index (χ4n) is 5.87. The van der Waals surface area contributed by atoms with Crippen molar-refractivity contribution in [2.75, 3.05) is 27.9 Å². The smallest absolute Gasteiger partial charge is 0.434 e. The van der Waals surface area contributed by atoms with Gasteiger partial charge in [0.25, 0.3) is 5.56 Å². The largest absolute Gasteiger partial charge is 0.497 e. The number of carbonyl (C=O) groups excluding carboxylic acids is 1. The van der Waals surface area contributed by atoms with E-state index in [4.69, 9.17) is 28.5 Å². The van der Waals surface area contributed by atoms with Crippen LogP contribution in [0.3, 0.4) is 0 Å². The van der Waals surface area contributed by atoms with Crippen molar-refractivity contribution in [1.29, 1.82) is 0 Å². The van der Waals surface area contributed by atoms with Crippen molar-refractivity contribution >= 4 is 6.09 Å². The normalized spacial score (nSPS) is 21.2. The van der Waals surface area contributed by atoms with Crippen LogP contribution in [0.1, 0.15) is 22.9 Å². The summed E-state index contributed by atoms with van der Waals surface area (Å²) < 4.78 is 31.1. The molecule has 12 nitrogen and oxygen atoms in total. The average Bonchev–Trinajstić information content (AvgIpc) is 3.57. The van der Waals surface area contributed by atoms with Crippen molar-refractivity contribution in [3.8, 4) is 11.5 Å². The predicted octanol–water partition coefficient (Wildman–Crippen LogP) is 3.21. The van der Waals surface area contributed by atoms with Gasteiger partial charge < -0.3 is 23.7 Å². The van der Waals surface area contributed by atoms with Gasteiger partial charge in [-0.15, -0.1) is 0 Å². The van der Waals surface area contributed by atoms with Crippen LogP contribution in [0, 0.1) is 0 Å². The number of benzene rings is 3. The van der Waals surface area contributed by atoms with E-state index in [-0.39, 0.29) is 6.61 Å². The zero-order chi connectivity index (χ0) is 30.8. The van der Waals surface area contributed by atoms with Gasteiger partial charge >= 0.3 is 11.8 Å². The zero-order valence-corrected chi connectivity index (χ0v) is 24.2. The molecule has 6 rings (SSSR count). The molecule has 2 aliphatic rings. The molecule has 4 atom stereocenters. The molecule has 1 N–H and O–H groups in total. The minimum atomic E-state index is -1.16. The van der Waals surface area contributed by atoms with Crippen LogP contribution in [-0.2, 0) is 24.6 Å². The SMILES string of the molecule is COc1ccc(C(OC[C@H]2O[C@@H](n3ccc(=O)[nH]c3=O)[C@H]3[C@@H]2OC(=O)N3OC)(c2ccccc2)c2ccc(OC)cc2)cc1. The Morgan fingerprint density at radius 2 is 1.39 bits per heavy atom. The van der Waals surface area contributed by atoms with Gasteiger partial charge in [0.1, 0.15) is 29.2 Å². The number of H-pyrrole nitrogens is 1. The van der Waals surface area contributed by atoms with Crippen LogP contribution in [0.15, 0.2) is 101 Å². The number of methoxy groups -OCH3 is 2. The lowest BCUT2D eigenvalue weighted by Crippen LogP contribution is -2.43. The van der Waals surface area contributed by atoms with E-state index in [1.807, 2.05) is 78.9 Å². The summed E-state index contributed by atoms with van der Waals surface area (Å²) in [5.41, 5.74) is 0.0251. The van der Waals surface area contributed by atoms with Crippen molar-refractivity contribution in [1.82, 2.24) is 14.6 Å². The molecule has 0 spiro atoms. The second kappa shape index (κ2) is 12.0. The predicted molar refractivity (Wildman–Crippen MR) is 156 cm³/mol. The third-order valence-electron chi connectivity index (χ3n) is 7.96. The molecule has 0 saturated carbocycles. The number of rotatable bonds is 10. The standard InChI is InChI=1S/C32H31N3O9/c1-39-23-13-9-21(10-14-23)32(20-7-5-4-6-8-20,22-11-15-24(40-2)16-12-22)42-19-25-28-27(35(41-3)31(38)44-28)29(43-25)34-18-17-26(36)33-30(34)37/h4-18,25,27-29H,19H2,1-3H3,(H,33,36,37)/t25-,27-,28-,29-/m1/s1. The second-order valence-corrected chi connectivity index (χ2v) is 10.2. The highest BCUT2D eigenvalue weighted by Gasteiger charge is 2.59. The van der Waals surface area contributed by atoms with Gasteiger partial charge in [-0.1, -0.05) is 54.6 Å². The topological polar surface area (TPSA) is 131 Å². The van der Waals surface area contributed by atoms with Crippen molar-refractivity contribution < 1.29 is 33.3 Å². The number of carbonyl (C=O) groups is 1. The number of nitrogens with one attached hydrogen (secondary N) is 1. The van der Waals surface area contributed by atoms with Gasteiger partial charge in [0.15, 0.2) is 12.3 Å². The Hall–Kier alpha value is -4.91. The van der Waals surface area contributed by atoms with Gasteiger partial charge in [0.05, 0.1) is 27.9 Å². The van der Waals surface area contributed by atoms with E-state index < -0.39 is 47.4 Å². The van der Waals surface area contributed by atoms with Crippen molar-refractivity contribution in [3.63, 3.8) is 0 Å². The van der Waals surface area contributed by atoms with Crippen LogP contribution in [0.4, 0.5) is 4.79 Å². The van der Waals surface area contributed by atoms with E-state index in [2.05, 4.69) is 4.98 Å². The molecule has 0 radical (unpaired) electrons. The maximum absolute atomic E-state index is 12.8. The fourth-order valence-corrected chi connectivity index (χ4v) is 5.87. The van der Waals surface area contributed by atoms with Crippen molar-refractivity contribution in [2.45, 2.75) is 30.1 Å². The molecule has 3 aromatic carbocycles. The molecular formula is C32H31N3O9. The molecule has 2 fully saturated rings. The number of fused-ring (bicyclic) bond motifs is 1. The summed E-state index contributed by atoms with van der Waals surface area (Å²) in [5, 5.41) is 1.03. The fraction of sp³-hybridized carbons (Fsp3) is 0.281. The first-order valence-electron chi connectivity index (χ1n) is 13.9. The van der Waals surface area contributed by atoms with Crippen LogP contribution in [0.25, 0.3) is 0 Å². The number of amides is 1. The second-order valence-electron chi connectivity index (χ2n) is 10.2. The quantitative estimate of drug-likeness (QED) is 0.272. The van der Waals surface area contributed by atoms with Crippen LogP contribution in [-0.4, -0.2) is 66.9 Å². The number of hydrogen-bond donors (Lipinski definition) is 1. The summed E-state index contributed by atoms with van der Waals surface area (Å²) in [4.78, 5) is 44.9. The van der Waals surface area contributed by atoms with Crippen LogP contribution in [0.2, 0.25) is 0 Å². The number of hydrogen-bond acceptors (Lipinski definition) is 9. The van der Waals surface area contributed by atoms with E-state index in [9.17, 15) is 14.4 Å². The average molecular weight is 602 g/mol. The molecular weight excluding hydrogens is 570 g/mol. The van der Waals surface area contributed by atoms with E-state index in [1.54, 1.807) is 14.2 Å². The summed E-state index contributed by atoms with van der Waals surface area (Å²) in [7, 11) is 4.53. The third-order valence-corrected chi connectivity index (χ3v) is 7.96. The number of aromatic nitrogens is 2. The first-order valence-corrected chi connectivity index (χ1v) is 13.9. The van der Waals surface area contributed by atoms with Gasteiger partial charge in [-0.25, -0.2) is 9.59 Å². The molecule has 2 saturated heterocycles. The Morgan fingerprint density at radius 1 is 0.795 bits per heavy atom. The zero-order valence-electron chi connectivity index (χ0n) is 24.2. The molecule has 1 amide bonds. The van der Waals surface area contributed by atoms with E-state index >= 15 is 0 Å². The minimum Gasteiger partial charge on any atom is -0.497 e. The van der Waals surface area contributed by atoms with Crippen molar-refractivity contribution in [2.24, 2.45) is 0 Å². The summed E-state index contributed by atoms with van der Waals surface area (Å²) in [5.74, 6) is 1.36. The highest BCUT2D eigenvalue weighted by Crippen LogP contribution is 2.44. The molecule has 0 bridgehead atoms. The van der Waals surface area contributed by atoms with Gasteiger partial charge in [-0.05, 0) is 41.0 Å². The maximum atomic E-state index is 12.8. The van der Waals surface area contributed by atoms with E-state index in [0.717, 1.165) is 21.8 Å². The summed E-state index contributed by atoms with van der Waals surface area (Å²) in [6, 6.07) is 25.2. The Kier molecular flexibility index (Phi) is 7.95. The minimum absolute atomic E-state index is 0.0619. The maximum Gasteiger partial charge on any atom is 0.434 e. The van der Waals surface area contributed by atoms with Gasteiger partial charge in [-0.3, -0.25) is 19.2 Å². The highest BCUT2D eigenvalue weighted by atomic mass is 16.8. The monoisotopic (exact) mass is 601 g/mol. The highest BCUT2D eigenvalue weighted by molar-refractivity contribution is 5.69. The Bertz CT molecular complexity index is 1670. The molecule has 4 aromatic rings. The number of hydroxylamine groups is 2. The third kappa shape index (κ3) is 5.02. The number of ether oxygens (including phenoxy) is 5. The van der Waals surface area contributed by atoms with Crippen LogP contribution >= 0.6 is 0 Å². The molecule has 12 heteroatoms. The molecule has 2 aliphatic heterocycles. The Morgan fingerprint density at radius 3 is 1.93 bits per heavy atom. The lowest BCUT2D eigenvalue weighted by Gasteiger charge is -2.37. The van der Waals surface area contributed by atoms with E-state index in [0.29, 0.717) is 11.5 Å². The molecule has 3 heterocycles.